The predicted molar refractivity (Wildman–Crippen MR) is 119 cm³/mol. The van der Waals surface area contributed by atoms with E-state index >= 15 is 0 Å². The summed E-state index contributed by atoms with van der Waals surface area (Å²) in [4.78, 5) is 40.8. The molecule has 0 fully saturated rings. The van der Waals surface area contributed by atoms with Gasteiger partial charge in [0.2, 0.25) is 5.91 Å². The van der Waals surface area contributed by atoms with Gasteiger partial charge in [0.25, 0.3) is 5.91 Å². The van der Waals surface area contributed by atoms with Gasteiger partial charge >= 0.3 is 5.97 Å². The number of hydrogen-bond acceptors (Lipinski definition) is 7. The second-order valence-electron chi connectivity index (χ2n) is 7.33. The third kappa shape index (κ3) is 4.78. The largest absolute Gasteiger partial charge is 0.484 e. The number of anilines is 1. The summed E-state index contributed by atoms with van der Waals surface area (Å²) < 4.78 is 10.9. The van der Waals surface area contributed by atoms with E-state index in [2.05, 4.69) is 10.3 Å². The van der Waals surface area contributed by atoms with Gasteiger partial charge in [0.05, 0.1) is 11.6 Å². The third-order valence-corrected chi connectivity index (χ3v) is 6.14. The van der Waals surface area contributed by atoms with Crippen molar-refractivity contribution >= 4 is 34.3 Å². The Morgan fingerprint density at radius 1 is 1.16 bits per heavy atom. The minimum Gasteiger partial charge on any atom is -0.484 e. The number of aryl methyl sites for hydroxylation is 2. The molecule has 1 aliphatic carbocycles. The zero-order valence-electron chi connectivity index (χ0n) is 17.3. The quantitative estimate of drug-likeness (QED) is 0.420. The number of thiazole rings is 1. The van der Waals surface area contributed by atoms with Crippen LogP contribution >= 0.6 is 11.3 Å². The first-order chi connectivity index (χ1) is 15.4. The van der Waals surface area contributed by atoms with Crippen LogP contribution in [-0.2, 0) is 16.0 Å². The smallest absolute Gasteiger partial charge is 0.355 e. The lowest BCUT2D eigenvalue weighted by atomic mass is 10.0. The van der Waals surface area contributed by atoms with Crippen molar-refractivity contribution < 1.29 is 23.9 Å². The third-order valence-electron chi connectivity index (χ3n) is 5.09. The number of nitrogens with one attached hydrogen (secondary N) is 1. The maximum Gasteiger partial charge on any atom is 0.355 e. The molecule has 1 heterocycles. The van der Waals surface area contributed by atoms with Gasteiger partial charge in [-0.05, 0) is 55.2 Å². The zero-order valence-corrected chi connectivity index (χ0v) is 18.1. The van der Waals surface area contributed by atoms with Gasteiger partial charge in [-0.3, -0.25) is 14.9 Å². The monoisotopic (exact) mass is 451 g/mol. The number of primary amides is 1. The average molecular weight is 452 g/mol. The number of hydrogen-bond donors (Lipinski definition) is 2. The summed E-state index contributed by atoms with van der Waals surface area (Å²) in [5.74, 6) is -0.629. The fourth-order valence-corrected chi connectivity index (χ4v) is 4.43. The van der Waals surface area contributed by atoms with Crippen LogP contribution in [0.25, 0.3) is 0 Å². The van der Waals surface area contributed by atoms with E-state index in [9.17, 15) is 14.4 Å². The molecule has 1 aliphatic rings. The molecule has 2 aromatic carbocycles. The highest BCUT2D eigenvalue weighted by Gasteiger charge is 2.27. The number of fused-ring (bicyclic) bond motifs is 1. The van der Waals surface area contributed by atoms with Crippen molar-refractivity contribution in [2.75, 3.05) is 11.9 Å². The molecule has 0 saturated heterocycles. The first-order valence-corrected chi connectivity index (χ1v) is 10.8. The van der Waals surface area contributed by atoms with E-state index in [1.807, 2.05) is 18.2 Å². The summed E-state index contributed by atoms with van der Waals surface area (Å²) in [5.41, 5.74) is 7.73. The van der Waals surface area contributed by atoms with Crippen LogP contribution in [-0.4, -0.2) is 29.4 Å². The number of esters is 1. The Kier molecular flexibility index (Phi) is 6.18. The van der Waals surface area contributed by atoms with Crippen LogP contribution in [0.1, 0.15) is 38.8 Å². The first kappa shape index (κ1) is 21.5. The van der Waals surface area contributed by atoms with Gasteiger partial charge < -0.3 is 15.2 Å². The molecule has 3 aromatic rings. The number of nitrogens with two attached hydrogens (primary N) is 1. The van der Waals surface area contributed by atoms with Crippen molar-refractivity contribution in [3.05, 3.63) is 70.2 Å². The van der Waals surface area contributed by atoms with E-state index in [1.165, 1.54) is 0 Å². The molecule has 0 spiro atoms. The van der Waals surface area contributed by atoms with Gasteiger partial charge in [-0.25, -0.2) is 9.78 Å². The van der Waals surface area contributed by atoms with Gasteiger partial charge in [-0.1, -0.05) is 35.6 Å². The lowest BCUT2D eigenvalue weighted by Crippen LogP contribution is -2.20. The SMILES string of the molecule is Cc1nc(NC(=O)COc2ccccc2)sc1C(=O)Oc1ccc2c(c1)CCC2C(N)=O. The van der Waals surface area contributed by atoms with Crippen molar-refractivity contribution in [3.63, 3.8) is 0 Å². The Hall–Kier alpha value is -3.72. The van der Waals surface area contributed by atoms with E-state index in [4.69, 9.17) is 15.2 Å². The molecule has 0 radical (unpaired) electrons. The molecule has 164 valence electrons. The van der Waals surface area contributed by atoms with Crippen LogP contribution in [0.15, 0.2) is 48.5 Å². The van der Waals surface area contributed by atoms with Gasteiger partial charge in [-0.15, -0.1) is 0 Å². The summed E-state index contributed by atoms with van der Waals surface area (Å²) in [6.07, 6.45) is 1.36. The Labute approximate surface area is 188 Å². The van der Waals surface area contributed by atoms with Gasteiger partial charge in [0, 0.05) is 0 Å². The summed E-state index contributed by atoms with van der Waals surface area (Å²) in [6, 6.07) is 14.2. The van der Waals surface area contributed by atoms with Gasteiger partial charge in [0.15, 0.2) is 11.7 Å². The highest BCUT2D eigenvalue weighted by molar-refractivity contribution is 7.17. The number of para-hydroxylation sites is 1. The summed E-state index contributed by atoms with van der Waals surface area (Å²) in [5, 5.41) is 2.92. The first-order valence-electron chi connectivity index (χ1n) is 10.00. The topological polar surface area (TPSA) is 121 Å². The van der Waals surface area contributed by atoms with Crippen molar-refractivity contribution in [1.82, 2.24) is 4.98 Å². The number of amides is 2. The number of benzene rings is 2. The van der Waals surface area contributed by atoms with Crippen molar-refractivity contribution in [2.45, 2.75) is 25.7 Å². The van der Waals surface area contributed by atoms with Crippen molar-refractivity contribution in [1.29, 1.82) is 0 Å². The molecule has 0 aliphatic heterocycles. The van der Waals surface area contributed by atoms with Crippen LogP contribution in [0.2, 0.25) is 0 Å². The maximum atomic E-state index is 12.7. The minimum absolute atomic E-state index is 0.177. The highest BCUT2D eigenvalue weighted by atomic mass is 32.1. The summed E-state index contributed by atoms with van der Waals surface area (Å²) in [6.45, 7) is 1.49. The van der Waals surface area contributed by atoms with Gasteiger partial charge in [-0.2, -0.15) is 0 Å². The zero-order chi connectivity index (χ0) is 22.7. The van der Waals surface area contributed by atoms with E-state index < -0.39 is 5.97 Å². The van der Waals surface area contributed by atoms with Crippen LogP contribution < -0.4 is 20.5 Å². The molecular weight excluding hydrogens is 430 g/mol. The van der Waals surface area contributed by atoms with E-state index in [0.29, 0.717) is 34.9 Å². The summed E-state index contributed by atoms with van der Waals surface area (Å²) in [7, 11) is 0. The normalized spacial score (nSPS) is 14.5. The molecule has 8 nitrogen and oxygen atoms in total. The second-order valence-corrected chi connectivity index (χ2v) is 8.33. The Bertz CT molecular complexity index is 1180. The molecule has 0 saturated carbocycles. The molecule has 3 N–H and O–H groups in total. The molecule has 1 unspecified atom stereocenters. The lowest BCUT2D eigenvalue weighted by Gasteiger charge is -2.08. The molecule has 0 bridgehead atoms. The standard InChI is InChI=1S/C23H21N3O5S/c1-13-20(32-23(25-13)26-19(27)12-30-15-5-3-2-4-6-15)22(29)31-16-8-10-17-14(11-16)7-9-18(17)21(24)28/h2-6,8,10-11,18H,7,9,12H2,1H3,(H2,24,28)(H,25,26,27). The van der Waals surface area contributed by atoms with E-state index in [1.54, 1.807) is 37.3 Å². The predicted octanol–water partition coefficient (Wildman–Crippen LogP) is 3.20. The fraction of sp³-hybridized carbons (Fsp3) is 0.217. The highest BCUT2D eigenvalue weighted by Crippen LogP contribution is 2.35. The van der Waals surface area contributed by atoms with Crippen molar-refractivity contribution in [3.8, 4) is 11.5 Å². The van der Waals surface area contributed by atoms with Crippen LogP contribution in [0, 0.1) is 6.92 Å². The minimum atomic E-state index is -0.564. The average Bonchev–Trinajstić information content (AvgIpc) is 3.36. The number of nitrogens with zero attached hydrogens (tertiary/aromatic N) is 1. The molecular formula is C23H21N3O5S. The molecule has 9 heteroatoms. The fourth-order valence-electron chi connectivity index (χ4n) is 3.57. The van der Waals surface area contributed by atoms with Crippen LogP contribution in [0.5, 0.6) is 11.5 Å². The van der Waals surface area contributed by atoms with E-state index in [-0.39, 0.29) is 29.5 Å². The molecule has 1 aromatic heterocycles. The Morgan fingerprint density at radius 3 is 2.69 bits per heavy atom. The molecule has 32 heavy (non-hydrogen) atoms. The lowest BCUT2D eigenvalue weighted by molar-refractivity contribution is -0.119. The maximum absolute atomic E-state index is 12.7. The summed E-state index contributed by atoms with van der Waals surface area (Å²) >= 11 is 1.03. The van der Waals surface area contributed by atoms with Crippen LogP contribution in [0.4, 0.5) is 5.13 Å². The van der Waals surface area contributed by atoms with Crippen molar-refractivity contribution in [2.24, 2.45) is 5.73 Å². The Balaban J connectivity index is 1.38. The Morgan fingerprint density at radius 2 is 1.94 bits per heavy atom. The molecule has 4 rings (SSSR count). The second kappa shape index (κ2) is 9.19. The number of rotatable bonds is 7. The number of carbonyl (C=O) groups is 3. The number of aromatic nitrogens is 1. The van der Waals surface area contributed by atoms with Gasteiger partial charge in [0.1, 0.15) is 16.4 Å². The number of ether oxygens (including phenoxy) is 2. The van der Waals surface area contributed by atoms with Crippen LogP contribution in [0.3, 0.4) is 0 Å². The number of carbonyl (C=O) groups excluding carboxylic acids is 3. The van der Waals surface area contributed by atoms with E-state index in [0.717, 1.165) is 22.5 Å². The molecule has 1 atom stereocenters. The molecule has 2 amide bonds.